The molecule has 0 aliphatic heterocycles. The SMILES string of the molecule is Cl.NC(=O)c1ccc(OCCCCCCc2ncc[nH]2)cc1. The molecular formula is C16H22ClN3O2. The normalized spacial score (nSPS) is 10.0. The molecule has 0 aliphatic carbocycles. The first-order valence-corrected chi connectivity index (χ1v) is 7.26. The molecule has 1 amide bonds. The van der Waals surface area contributed by atoms with Gasteiger partial charge in [0.15, 0.2) is 0 Å². The van der Waals surface area contributed by atoms with Gasteiger partial charge in [0.2, 0.25) is 5.91 Å². The summed E-state index contributed by atoms with van der Waals surface area (Å²) >= 11 is 0. The molecule has 6 heteroatoms. The van der Waals surface area contributed by atoms with Gasteiger partial charge in [0.1, 0.15) is 11.6 Å². The van der Waals surface area contributed by atoms with Crippen LogP contribution in [0, 0.1) is 0 Å². The van der Waals surface area contributed by atoms with E-state index in [9.17, 15) is 4.79 Å². The Labute approximate surface area is 136 Å². The molecule has 1 heterocycles. The zero-order valence-electron chi connectivity index (χ0n) is 12.5. The number of nitrogens with two attached hydrogens (primary N) is 1. The van der Waals surface area contributed by atoms with E-state index < -0.39 is 5.91 Å². The number of carbonyl (C=O) groups is 1. The van der Waals surface area contributed by atoms with Gasteiger partial charge in [-0.05, 0) is 37.1 Å². The summed E-state index contributed by atoms with van der Waals surface area (Å²) < 4.78 is 5.62. The maximum Gasteiger partial charge on any atom is 0.248 e. The van der Waals surface area contributed by atoms with Crippen molar-refractivity contribution in [1.29, 1.82) is 0 Å². The maximum absolute atomic E-state index is 10.9. The molecule has 0 atom stereocenters. The molecule has 5 nitrogen and oxygen atoms in total. The van der Waals surface area contributed by atoms with E-state index in [1.807, 2.05) is 6.20 Å². The standard InChI is InChI=1S/C16H21N3O2.ClH/c17-16(20)13-6-8-14(9-7-13)21-12-4-2-1-3-5-15-18-10-11-19-15;/h6-11H,1-5,12H2,(H2,17,20)(H,18,19);1H. The van der Waals surface area contributed by atoms with Crippen molar-refractivity contribution in [3.63, 3.8) is 0 Å². The van der Waals surface area contributed by atoms with E-state index in [-0.39, 0.29) is 12.4 Å². The molecule has 2 aromatic rings. The second kappa shape index (κ2) is 9.84. The number of aromatic nitrogens is 2. The number of unbranched alkanes of at least 4 members (excludes halogenated alkanes) is 3. The highest BCUT2D eigenvalue weighted by atomic mass is 35.5. The number of aromatic amines is 1. The maximum atomic E-state index is 10.9. The van der Waals surface area contributed by atoms with Crippen LogP contribution in [0.1, 0.15) is 41.9 Å². The summed E-state index contributed by atoms with van der Waals surface area (Å²) in [4.78, 5) is 18.2. The predicted molar refractivity (Wildman–Crippen MR) is 88.5 cm³/mol. The molecule has 0 aliphatic rings. The number of hydrogen-bond donors (Lipinski definition) is 2. The molecule has 0 spiro atoms. The monoisotopic (exact) mass is 323 g/mol. The molecule has 1 aromatic carbocycles. The highest BCUT2D eigenvalue weighted by Gasteiger charge is 2.00. The summed E-state index contributed by atoms with van der Waals surface area (Å²) in [5.74, 6) is 1.41. The summed E-state index contributed by atoms with van der Waals surface area (Å²) in [5, 5.41) is 0. The Bertz CT molecular complexity index is 541. The number of nitrogens with zero attached hydrogens (tertiary/aromatic N) is 1. The van der Waals surface area contributed by atoms with Crippen molar-refractivity contribution in [2.45, 2.75) is 32.1 Å². The first kappa shape index (κ1) is 18.0. The minimum atomic E-state index is -0.418. The van der Waals surface area contributed by atoms with Gasteiger partial charge in [-0.2, -0.15) is 0 Å². The molecule has 22 heavy (non-hydrogen) atoms. The van der Waals surface area contributed by atoms with E-state index in [0.29, 0.717) is 12.2 Å². The Kier molecular flexibility index (Phi) is 8.07. The molecule has 120 valence electrons. The smallest absolute Gasteiger partial charge is 0.248 e. The van der Waals surface area contributed by atoms with Crippen LogP contribution in [0.3, 0.4) is 0 Å². The first-order valence-electron chi connectivity index (χ1n) is 7.26. The summed E-state index contributed by atoms with van der Waals surface area (Å²) in [7, 11) is 0. The molecule has 0 fully saturated rings. The number of rotatable bonds is 9. The first-order chi connectivity index (χ1) is 10.3. The second-order valence-electron chi connectivity index (χ2n) is 4.94. The third-order valence-corrected chi connectivity index (χ3v) is 3.27. The molecule has 2 rings (SSSR count). The fourth-order valence-electron chi connectivity index (χ4n) is 2.09. The number of aryl methyl sites for hydroxylation is 1. The number of benzene rings is 1. The third-order valence-electron chi connectivity index (χ3n) is 3.27. The van der Waals surface area contributed by atoms with Crippen molar-refractivity contribution in [2.24, 2.45) is 5.73 Å². The molecule has 0 saturated carbocycles. The number of hydrogen-bond acceptors (Lipinski definition) is 3. The predicted octanol–water partition coefficient (Wildman–Crippen LogP) is 3.11. The van der Waals surface area contributed by atoms with Crippen LogP contribution in [0.4, 0.5) is 0 Å². The van der Waals surface area contributed by atoms with Crippen LogP contribution in [0.25, 0.3) is 0 Å². The third kappa shape index (κ3) is 6.18. The number of imidazole rings is 1. The molecule has 0 unspecified atom stereocenters. The van der Waals surface area contributed by atoms with Crippen molar-refractivity contribution in [1.82, 2.24) is 9.97 Å². The van der Waals surface area contributed by atoms with Gasteiger partial charge in [-0.15, -0.1) is 12.4 Å². The van der Waals surface area contributed by atoms with Gasteiger partial charge in [-0.1, -0.05) is 12.8 Å². The van der Waals surface area contributed by atoms with Crippen molar-refractivity contribution in [3.8, 4) is 5.75 Å². The summed E-state index contributed by atoms with van der Waals surface area (Å²) in [6, 6.07) is 6.91. The van der Waals surface area contributed by atoms with E-state index in [2.05, 4.69) is 9.97 Å². The number of primary amides is 1. The van der Waals surface area contributed by atoms with Crippen molar-refractivity contribution >= 4 is 18.3 Å². The highest BCUT2D eigenvalue weighted by molar-refractivity contribution is 5.92. The van der Waals surface area contributed by atoms with E-state index in [1.165, 1.54) is 6.42 Å². The number of carbonyl (C=O) groups excluding carboxylic acids is 1. The lowest BCUT2D eigenvalue weighted by Crippen LogP contribution is -2.10. The van der Waals surface area contributed by atoms with Gasteiger partial charge in [0.25, 0.3) is 0 Å². The Morgan fingerprint density at radius 2 is 1.86 bits per heavy atom. The molecule has 0 radical (unpaired) electrons. The van der Waals surface area contributed by atoms with Gasteiger partial charge in [-0.3, -0.25) is 4.79 Å². The molecule has 0 saturated heterocycles. The van der Waals surface area contributed by atoms with E-state index in [4.69, 9.17) is 10.5 Å². The van der Waals surface area contributed by atoms with Crippen LogP contribution in [0.5, 0.6) is 5.75 Å². The second-order valence-corrected chi connectivity index (χ2v) is 4.94. The fraction of sp³-hybridized carbons (Fsp3) is 0.375. The fourth-order valence-corrected chi connectivity index (χ4v) is 2.09. The van der Waals surface area contributed by atoms with Crippen LogP contribution in [-0.2, 0) is 6.42 Å². The lowest BCUT2D eigenvalue weighted by molar-refractivity contribution is 0.100. The molecule has 0 bridgehead atoms. The minimum absolute atomic E-state index is 0. The summed E-state index contributed by atoms with van der Waals surface area (Å²) in [5.41, 5.74) is 5.68. The number of H-pyrrole nitrogens is 1. The van der Waals surface area contributed by atoms with Gasteiger partial charge in [0, 0.05) is 24.4 Å². The van der Waals surface area contributed by atoms with Crippen LogP contribution in [0.15, 0.2) is 36.7 Å². The average molecular weight is 324 g/mol. The lowest BCUT2D eigenvalue weighted by Gasteiger charge is -2.06. The molecule has 3 N–H and O–H groups in total. The van der Waals surface area contributed by atoms with Crippen LogP contribution >= 0.6 is 12.4 Å². The van der Waals surface area contributed by atoms with Crippen LogP contribution in [0.2, 0.25) is 0 Å². The Morgan fingerprint density at radius 3 is 2.50 bits per heavy atom. The van der Waals surface area contributed by atoms with Gasteiger partial charge < -0.3 is 15.5 Å². The topological polar surface area (TPSA) is 81.0 Å². The molecular weight excluding hydrogens is 302 g/mol. The average Bonchev–Trinajstić information content (AvgIpc) is 3.00. The van der Waals surface area contributed by atoms with Gasteiger partial charge in [-0.25, -0.2) is 4.98 Å². The summed E-state index contributed by atoms with van der Waals surface area (Å²) in [6.45, 7) is 0.691. The Morgan fingerprint density at radius 1 is 1.14 bits per heavy atom. The van der Waals surface area contributed by atoms with Gasteiger partial charge in [0.05, 0.1) is 6.61 Å². The highest BCUT2D eigenvalue weighted by Crippen LogP contribution is 2.13. The largest absolute Gasteiger partial charge is 0.494 e. The van der Waals surface area contributed by atoms with Crippen LogP contribution < -0.4 is 10.5 Å². The number of amides is 1. The zero-order chi connectivity index (χ0) is 14.9. The number of ether oxygens (including phenoxy) is 1. The van der Waals surface area contributed by atoms with Crippen LogP contribution in [-0.4, -0.2) is 22.5 Å². The number of halogens is 1. The Balaban J connectivity index is 0.00000242. The van der Waals surface area contributed by atoms with E-state index >= 15 is 0 Å². The van der Waals surface area contributed by atoms with E-state index in [1.54, 1.807) is 30.5 Å². The minimum Gasteiger partial charge on any atom is -0.494 e. The number of nitrogens with one attached hydrogen (secondary N) is 1. The zero-order valence-corrected chi connectivity index (χ0v) is 13.3. The quantitative estimate of drug-likeness (QED) is 0.696. The summed E-state index contributed by atoms with van der Waals surface area (Å²) in [6.07, 6.45) is 9.11. The Hall–Kier alpha value is -2.01. The van der Waals surface area contributed by atoms with Gasteiger partial charge >= 0.3 is 0 Å². The van der Waals surface area contributed by atoms with Crippen molar-refractivity contribution in [2.75, 3.05) is 6.61 Å². The van der Waals surface area contributed by atoms with Crippen molar-refractivity contribution in [3.05, 3.63) is 48.0 Å². The molecule has 1 aromatic heterocycles. The van der Waals surface area contributed by atoms with Crippen molar-refractivity contribution < 1.29 is 9.53 Å². The van der Waals surface area contributed by atoms with E-state index in [0.717, 1.165) is 37.3 Å². The lowest BCUT2D eigenvalue weighted by atomic mass is 10.1.